The number of methoxy groups -OCH3 is 1. The quantitative estimate of drug-likeness (QED) is 0.761. The van der Waals surface area contributed by atoms with E-state index in [1.54, 1.807) is 25.1 Å². The van der Waals surface area contributed by atoms with E-state index in [0.717, 1.165) is 14.6 Å². The molecule has 2 aromatic carbocycles. The molecule has 0 aromatic heterocycles. The first-order chi connectivity index (χ1) is 9.54. The van der Waals surface area contributed by atoms with E-state index in [2.05, 4.69) is 31.9 Å². The van der Waals surface area contributed by atoms with Gasteiger partial charge in [-0.3, -0.25) is 4.79 Å². The van der Waals surface area contributed by atoms with Crippen molar-refractivity contribution in [3.05, 3.63) is 57.0 Å². The lowest BCUT2D eigenvalue weighted by Gasteiger charge is -2.20. The van der Waals surface area contributed by atoms with Crippen molar-refractivity contribution in [2.75, 3.05) is 19.1 Å². The molecule has 0 aliphatic carbocycles. The summed E-state index contributed by atoms with van der Waals surface area (Å²) in [6.45, 7) is 0. The standard InChI is InChI=1S/C15H13Br2NO2/c1-18(13-5-3-4-6-14(13)20-2)15(19)11-8-7-10(16)9-12(11)17/h3-9H,1-2H3. The van der Waals surface area contributed by atoms with Gasteiger partial charge in [-0.05, 0) is 46.3 Å². The molecule has 1 amide bonds. The van der Waals surface area contributed by atoms with Gasteiger partial charge in [-0.25, -0.2) is 0 Å². The zero-order valence-corrected chi connectivity index (χ0v) is 14.2. The van der Waals surface area contributed by atoms with Crippen LogP contribution in [0.3, 0.4) is 0 Å². The minimum atomic E-state index is -0.103. The van der Waals surface area contributed by atoms with E-state index in [1.807, 2.05) is 36.4 Å². The number of benzene rings is 2. The van der Waals surface area contributed by atoms with Gasteiger partial charge >= 0.3 is 0 Å². The number of carbonyl (C=O) groups excluding carboxylic acids is 1. The molecule has 3 nitrogen and oxygen atoms in total. The van der Waals surface area contributed by atoms with Crippen molar-refractivity contribution in [3.8, 4) is 5.75 Å². The molecule has 0 N–H and O–H groups in total. The van der Waals surface area contributed by atoms with Crippen LogP contribution in [-0.2, 0) is 0 Å². The fourth-order valence-electron chi connectivity index (χ4n) is 1.86. The SMILES string of the molecule is COc1ccccc1N(C)C(=O)c1ccc(Br)cc1Br. The Bertz CT molecular complexity index is 644. The molecule has 0 saturated carbocycles. The average Bonchev–Trinajstić information content (AvgIpc) is 2.45. The maximum Gasteiger partial charge on any atom is 0.259 e. The normalized spacial score (nSPS) is 10.2. The van der Waals surface area contributed by atoms with Gasteiger partial charge in [0, 0.05) is 16.0 Å². The predicted octanol–water partition coefficient (Wildman–Crippen LogP) is 4.50. The zero-order chi connectivity index (χ0) is 14.7. The molecule has 0 saturated heterocycles. The van der Waals surface area contributed by atoms with Gasteiger partial charge in [-0.2, -0.15) is 0 Å². The number of ether oxygens (including phenoxy) is 1. The van der Waals surface area contributed by atoms with Crippen LogP contribution in [0.4, 0.5) is 5.69 Å². The molecular weight excluding hydrogens is 386 g/mol. The summed E-state index contributed by atoms with van der Waals surface area (Å²) in [5.41, 5.74) is 1.33. The van der Waals surface area contributed by atoms with Crippen LogP contribution in [0.1, 0.15) is 10.4 Å². The van der Waals surface area contributed by atoms with Crippen LogP contribution >= 0.6 is 31.9 Å². The first-order valence-electron chi connectivity index (χ1n) is 5.90. The third kappa shape index (κ3) is 3.04. The minimum absolute atomic E-state index is 0.103. The first-order valence-corrected chi connectivity index (χ1v) is 7.49. The Morgan fingerprint density at radius 1 is 1.15 bits per heavy atom. The lowest BCUT2D eigenvalue weighted by atomic mass is 10.2. The highest BCUT2D eigenvalue weighted by molar-refractivity contribution is 9.11. The Kier molecular flexibility index (Phi) is 4.83. The number of carbonyl (C=O) groups is 1. The Morgan fingerprint density at radius 2 is 1.85 bits per heavy atom. The summed E-state index contributed by atoms with van der Waals surface area (Å²) in [7, 11) is 3.32. The van der Waals surface area contributed by atoms with Crippen LogP contribution in [0, 0.1) is 0 Å². The van der Waals surface area contributed by atoms with Gasteiger partial charge in [0.2, 0.25) is 0 Å². The van der Waals surface area contributed by atoms with Crippen molar-refractivity contribution in [2.45, 2.75) is 0 Å². The van der Waals surface area contributed by atoms with Gasteiger partial charge < -0.3 is 9.64 Å². The third-order valence-electron chi connectivity index (χ3n) is 2.91. The molecule has 0 bridgehead atoms. The minimum Gasteiger partial charge on any atom is -0.495 e. The number of hydrogen-bond acceptors (Lipinski definition) is 2. The van der Waals surface area contributed by atoms with Gasteiger partial charge in [-0.15, -0.1) is 0 Å². The van der Waals surface area contributed by atoms with E-state index in [1.165, 1.54) is 0 Å². The molecule has 0 heterocycles. The lowest BCUT2D eigenvalue weighted by molar-refractivity contribution is 0.0991. The van der Waals surface area contributed by atoms with E-state index in [0.29, 0.717) is 11.3 Å². The molecule has 0 atom stereocenters. The monoisotopic (exact) mass is 397 g/mol. The molecule has 2 rings (SSSR count). The van der Waals surface area contributed by atoms with E-state index >= 15 is 0 Å². The summed E-state index contributed by atoms with van der Waals surface area (Å²) in [5.74, 6) is 0.561. The fourth-order valence-corrected chi connectivity index (χ4v) is 3.08. The van der Waals surface area contributed by atoms with Crippen molar-refractivity contribution in [1.82, 2.24) is 0 Å². The van der Waals surface area contributed by atoms with E-state index in [9.17, 15) is 4.79 Å². The van der Waals surface area contributed by atoms with Crippen molar-refractivity contribution in [1.29, 1.82) is 0 Å². The maximum atomic E-state index is 12.6. The Balaban J connectivity index is 2.37. The molecule has 0 spiro atoms. The number of halogens is 2. The number of para-hydroxylation sites is 2. The highest BCUT2D eigenvalue weighted by atomic mass is 79.9. The van der Waals surface area contributed by atoms with Crippen LogP contribution < -0.4 is 9.64 Å². The predicted molar refractivity (Wildman–Crippen MR) is 87.6 cm³/mol. The van der Waals surface area contributed by atoms with E-state index < -0.39 is 0 Å². The summed E-state index contributed by atoms with van der Waals surface area (Å²) >= 11 is 6.79. The first kappa shape index (κ1) is 15.1. The highest BCUT2D eigenvalue weighted by Crippen LogP contribution is 2.29. The maximum absolute atomic E-state index is 12.6. The number of anilines is 1. The summed E-state index contributed by atoms with van der Waals surface area (Å²) in [5, 5.41) is 0. The largest absolute Gasteiger partial charge is 0.495 e. The molecule has 2 aromatic rings. The van der Waals surface area contributed by atoms with Crippen molar-refractivity contribution in [2.24, 2.45) is 0 Å². The average molecular weight is 399 g/mol. The van der Waals surface area contributed by atoms with Crippen molar-refractivity contribution < 1.29 is 9.53 Å². The molecule has 0 fully saturated rings. The van der Waals surface area contributed by atoms with Crippen LogP contribution in [0.2, 0.25) is 0 Å². The lowest BCUT2D eigenvalue weighted by Crippen LogP contribution is -2.27. The Labute approximate surface area is 134 Å². The van der Waals surface area contributed by atoms with Gasteiger partial charge in [0.05, 0.1) is 18.4 Å². The second-order valence-corrected chi connectivity index (χ2v) is 5.93. The summed E-state index contributed by atoms with van der Waals surface area (Å²) in [6.07, 6.45) is 0. The van der Waals surface area contributed by atoms with E-state index in [4.69, 9.17) is 4.74 Å². The van der Waals surface area contributed by atoms with Gasteiger partial charge in [0.25, 0.3) is 5.91 Å². The smallest absolute Gasteiger partial charge is 0.259 e. The zero-order valence-electron chi connectivity index (χ0n) is 11.1. The van der Waals surface area contributed by atoms with Gasteiger partial charge in [0.15, 0.2) is 0 Å². The van der Waals surface area contributed by atoms with Crippen LogP contribution in [-0.4, -0.2) is 20.1 Å². The highest BCUT2D eigenvalue weighted by Gasteiger charge is 2.18. The second-order valence-electron chi connectivity index (χ2n) is 4.16. The molecule has 0 aliphatic heterocycles. The third-order valence-corrected chi connectivity index (χ3v) is 4.06. The topological polar surface area (TPSA) is 29.5 Å². The molecule has 5 heteroatoms. The summed E-state index contributed by atoms with van der Waals surface area (Å²) in [6, 6.07) is 12.9. The number of amides is 1. The molecule has 0 radical (unpaired) electrons. The fraction of sp³-hybridized carbons (Fsp3) is 0.133. The van der Waals surface area contributed by atoms with Crippen molar-refractivity contribution in [3.63, 3.8) is 0 Å². The van der Waals surface area contributed by atoms with Crippen LogP contribution in [0.25, 0.3) is 0 Å². The molecule has 0 unspecified atom stereocenters. The number of hydrogen-bond donors (Lipinski definition) is 0. The Morgan fingerprint density at radius 3 is 2.50 bits per heavy atom. The number of nitrogens with zero attached hydrogens (tertiary/aromatic N) is 1. The molecular formula is C15H13Br2NO2. The van der Waals surface area contributed by atoms with E-state index in [-0.39, 0.29) is 5.91 Å². The van der Waals surface area contributed by atoms with Crippen LogP contribution in [0.5, 0.6) is 5.75 Å². The molecule has 0 aliphatic rings. The molecule has 20 heavy (non-hydrogen) atoms. The van der Waals surface area contributed by atoms with Gasteiger partial charge in [0.1, 0.15) is 5.75 Å². The van der Waals surface area contributed by atoms with Crippen molar-refractivity contribution >= 4 is 43.5 Å². The molecule has 104 valence electrons. The Hall–Kier alpha value is -1.33. The summed E-state index contributed by atoms with van der Waals surface area (Å²) in [4.78, 5) is 14.1. The second kappa shape index (κ2) is 6.41. The number of rotatable bonds is 3. The van der Waals surface area contributed by atoms with Crippen LogP contribution in [0.15, 0.2) is 51.4 Å². The summed E-state index contributed by atoms with van der Waals surface area (Å²) < 4.78 is 6.95. The van der Waals surface area contributed by atoms with Gasteiger partial charge in [-0.1, -0.05) is 28.1 Å².